The Bertz CT molecular complexity index is 8990. The molecule has 0 saturated heterocycles. The maximum absolute atomic E-state index is 2.50. The molecule has 24 aromatic rings. The first-order valence-corrected chi connectivity index (χ1v) is 46.0. The van der Waals surface area contributed by atoms with E-state index in [0.29, 0.717) is 0 Å². The minimum absolute atomic E-state index is 0.0758. The van der Waals surface area contributed by atoms with Gasteiger partial charge in [0.1, 0.15) is 0 Å². The van der Waals surface area contributed by atoms with Crippen molar-refractivity contribution in [1.82, 2.24) is 18.3 Å². The molecule has 0 N–H and O–H groups in total. The van der Waals surface area contributed by atoms with Gasteiger partial charge in [0.2, 0.25) is 0 Å². The third-order valence-electron chi connectivity index (χ3n) is 29.8. The van der Waals surface area contributed by atoms with E-state index in [2.05, 4.69) is 438 Å². The number of aromatic nitrogens is 4. The van der Waals surface area contributed by atoms with Crippen LogP contribution < -0.4 is 0 Å². The van der Waals surface area contributed by atoms with Crippen molar-refractivity contribution in [1.29, 1.82) is 0 Å². The molecule has 6 aromatic heterocycles. The van der Waals surface area contributed by atoms with Crippen LogP contribution in [-0.2, 0) is 21.7 Å². The summed E-state index contributed by atoms with van der Waals surface area (Å²) in [6.07, 6.45) is 0. The average molecular weight is 1650 g/mol. The molecule has 126 heavy (non-hydrogen) atoms. The second kappa shape index (κ2) is 25.6. The van der Waals surface area contributed by atoms with Gasteiger partial charge in [0.25, 0.3) is 0 Å². The van der Waals surface area contributed by atoms with Crippen LogP contribution >= 0.6 is 22.7 Å². The third-order valence-corrected chi connectivity index (χ3v) is 32.1. The molecule has 4 aliphatic rings. The minimum Gasteiger partial charge on any atom is -0.309 e. The van der Waals surface area contributed by atoms with Crippen LogP contribution in [0.3, 0.4) is 0 Å². The summed E-state index contributed by atoms with van der Waals surface area (Å²) < 4.78 is 15.4. The van der Waals surface area contributed by atoms with E-state index in [1.807, 2.05) is 22.7 Å². The van der Waals surface area contributed by atoms with Crippen molar-refractivity contribution in [3.63, 3.8) is 0 Å². The van der Waals surface area contributed by atoms with Gasteiger partial charge in [-0.2, -0.15) is 0 Å². The fourth-order valence-electron chi connectivity index (χ4n) is 23.9. The van der Waals surface area contributed by atoms with Gasteiger partial charge in [0, 0.05) is 128 Å². The molecule has 0 bridgehead atoms. The molecule has 0 spiro atoms. The lowest BCUT2D eigenvalue weighted by molar-refractivity contribution is 0.660. The Hall–Kier alpha value is -14.4. The summed E-state index contributed by atoms with van der Waals surface area (Å²) in [5.41, 5.74) is 41.0. The predicted octanol–water partition coefficient (Wildman–Crippen LogP) is 33.1. The molecule has 0 atom stereocenters. The Morgan fingerprint density at radius 2 is 0.444 bits per heavy atom. The summed E-state index contributed by atoms with van der Waals surface area (Å²) in [4.78, 5) is 0. The summed E-state index contributed by atoms with van der Waals surface area (Å²) in [5, 5.41) is 15.7. The molecule has 18 aromatic carbocycles. The zero-order valence-corrected chi connectivity index (χ0v) is 72.9. The topological polar surface area (TPSA) is 19.7 Å². The number of rotatable bonds is 6. The van der Waals surface area contributed by atoms with Crippen LogP contribution in [-0.4, -0.2) is 18.3 Å². The Kier molecular flexibility index (Phi) is 14.7. The molecule has 596 valence electrons. The van der Waals surface area contributed by atoms with Crippen molar-refractivity contribution >= 4 is 150 Å². The van der Waals surface area contributed by atoms with Gasteiger partial charge in [0.05, 0.1) is 44.1 Å². The van der Waals surface area contributed by atoms with Crippen LogP contribution in [0.4, 0.5) is 0 Å². The Labute approximate surface area is 738 Å². The summed E-state index contributed by atoms with van der Waals surface area (Å²) in [7, 11) is 0. The molecule has 0 unspecified atom stereocenters. The molecular weight excluding hydrogens is 1560 g/mol. The molecular formula is C120H84N4S2. The van der Waals surface area contributed by atoms with E-state index in [9.17, 15) is 0 Å². The highest BCUT2D eigenvalue weighted by Crippen LogP contribution is 2.59. The Morgan fingerprint density at radius 3 is 0.833 bits per heavy atom. The van der Waals surface area contributed by atoms with Gasteiger partial charge in [-0.1, -0.05) is 292 Å². The maximum atomic E-state index is 2.50. The first kappa shape index (κ1) is 72.1. The second-order valence-electron chi connectivity index (χ2n) is 37.8. The summed E-state index contributed by atoms with van der Waals surface area (Å²) >= 11 is 3.82. The molecule has 0 amide bonds. The fraction of sp³-hybridized carbons (Fsp3) is 0.100. The smallest absolute Gasteiger partial charge is 0.0547 e. The normalized spacial score (nSPS) is 14.6. The Morgan fingerprint density at radius 1 is 0.175 bits per heavy atom. The van der Waals surface area contributed by atoms with Gasteiger partial charge in [-0.15, -0.1) is 22.7 Å². The van der Waals surface area contributed by atoms with E-state index in [-0.39, 0.29) is 21.7 Å². The Balaban J connectivity index is 0.000000131. The quantitative estimate of drug-likeness (QED) is 0.158. The highest BCUT2D eigenvalue weighted by Gasteiger charge is 2.42. The lowest BCUT2D eigenvalue weighted by Crippen LogP contribution is -2.15. The summed E-state index contributed by atoms with van der Waals surface area (Å²) in [6.45, 7) is 19.2. The van der Waals surface area contributed by atoms with Crippen LogP contribution in [0.1, 0.15) is 99.9 Å². The van der Waals surface area contributed by atoms with E-state index in [1.54, 1.807) is 0 Å². The van der Waals surface area contributed by atoms with E-state index < -0.39 is 0 Å². The van der Waals surface area contributed by atoms with Gasteiger partial charge < -0.3 is 18.3 Å². The molecule has 28 rings (SSSR count). The van der Waals surface area contributed by atoms with Crippen LogP contribution in [0.15, 0.2) is 364 Å². The van der Waals surface area contributed by atoms with E-state index >= 15 is 0 Å². The third kappa shape index (κ3) is 9.78. The number of fused-ring (bicyclic) bond motifs is 32. The fourth-order valence-corrected chi connectivity index (χ4v) is 26.1. The minimum atomic E-state index is -0.166. The highest BCUT2D eigenvalue weighted by molar-refractivity contribution is 7.26. The summed E-state index contributed by atoms with van der Waals surface area (Å²) in [6, 6.07) is 138. The number of benzene rings is 18. The van der Waals surface area contributed by atoms with Crippen LogP contribution in [0, 0.1) is 0 Å². The van der Waals surface area contributed by atoms with Gasteiger partial charge in [-0.25, -0.2) is 0 Å². The molecule has 4 aliphatic carbocycles. The highest BCUT2D eigenvalue weighted by atomic mass is 32.1. The van der Waals surface area contributed by atoms with Gasteiger partial charge in [0.15, 0.2) is 0 Å². The SMILES string of the molecule is CC1(C)c2ccccc2-c2ccc(-n3c4ccccc4c4ccc(-c5ccc6c(c5)c5ccccc5n6-c5ccc6c(c5)C(C)(C)c5c-6ccc6sc7ccccc7c56)cc43)cc21.CC1(C)c2ccccc2-c2ccc(-n3c4ccccc4c4ccc(-c5ccc6c7ccccc7n(-c7ccc8c(c7)C(C)(C)c7c-8ccc8sc9ccccc9c78)c6c5)cc43)cc21. The number of hydrogen-bond acceptors (Lipinski definition) is 2. The van der Waals surface area contributed by atoms with Gasteiger partial charge in [-0.05, 0) is 239 Å². The van der Waals surface area contributed by atoms with Crippen molar-refractivity contribution < 1.29 is 0 Å². The summed E-state index contributed by atoms with van der Waals surface area (Å²) in [5.74, 6) is 0. The predicted molar refractivity (Wildman–Crippen MR) is 537 cm³/mol. The van der Waals surface area contributed by atoms with Crippen molar-refractivity contribution in [3.05, 3.63) is 408 Å². The van der Waals surface area contributed by atoms with E-state index in [1.165, 1.54) is 262 Å². The van der Waals surface area contributed by atoms with Crippen molar-refractivity contribution in [2.45, 2.75) is 77.0 Å². The largest absolute Gasteiger partial charge is 0.309 e. The molecule has 4 nitrogen and oxygen atoms in total. The zero-order chi connectivity index (χ0) is 83.9. The lowest BCUT2D eigenvalue weighted by atomic mass is 9.80. The number of nitrogens with zero attached hydrogens (tertiary/aromatic N) is 4. The molecule has 0 fully saturated rings. The molecule has 6 heterocycles. The standard InChI is InChI=1S/2C60H42N2S/c1-59(2)48-17-9-5-13-39(48)40-26-23-38(33-49(40)59)62-51-18-10-6-14-42(51)44-25-21-36(32-54(44)62)35-22-29-53-47(31-35)43-15-7-11-19-52(43)61(53)37-24-27-41-45-28-30-56-57(46-16-8-12-20-55(46)63-56)58(45)60(3,4)50(41)34-37;1-59(2)48-17-9-5-13-39(48)40-27-23-37(33-49(40)59)61-51-18-10-6-14-42(51)44-25-21-35(31-53(44)61)36-22-26-45-43-15-7-11-19-52(43)62(54(45)32-36)38-24-28-41-46-29-30-56-57(47-16-8-12-20-55(47)63-56)58(46)60(3,4)50(41)34-38/h2*5-34H,1-4H3. The first-order valence-electron chi connectivity index (χ1n) is 44.3. The maximum Gasteiger partial charge on any atom is 0.0547 e. The number of thiophene rings is 2. The van der Waals surface area contributed by atoms with Crippen LogP contribution in [0.5, 0.6) is 0 Å². The first-order chi connectivity index (χ1) is 61.5. The lowest BCUT2D eigenvalue weighted by Gasteiger charge is -2.23. The molecule has 0 radical (unpaired) electrons. The van der Waals surface area contributed by atoms with Gasteiger partial charge >= 0.3 is 0 Å². The molecule has 0 aliphatic heterocycles. The monoisotopic (exact) mass is 1640 g/mol. The van der Waals surface area contributed by atoms with Crippen molar-refractivity contribution in [2.75, 3.05) is 0 Å². The number of para-hydroxylation sites is 4. The zero-order valence-electron chi connectivity index (χ0n) is 71.2. The van der Waals surface area contributed by atoms with Gasteiger partial charge in [-0.3, -0.25) is 0 Å². The molecule has 0 saturated carbocycles. The molecule has 6 heteroatoms. The van der Waals surface area contributed by atoms with Crippen LogP contribution in [0.2, 0.25) is 0 Å². The van der Waals surface area contributed by atoms with E-state index in [0.717, 1.165) is 0 Å². The average Bonchev–Trinajstić information content (AvgIpc) is 1.55. The van der Waals surface area contributed by atoms with E-state index in [4.69, 9.17) is 0 Å². The van der Waals surface area contributed by atoms with Crippen molar-refractivity contribution in [3.8, 4) is 89.5 Å². The second-order valence-corrected chi connectivity index (χ2v) is 39.9. The van der Waals surface area contributed by atoms with Crippen molar-refractivity contribution in [2.24, 2.45) is 0 Å². The number of hydrogen-bond donors (Lipinski definition) is 0. The van der Waals surface area contributed by atoms with Crippen LogP contribution in [0.25, 0.3) is 217 Å².